The van der Waals surface area contributed by atoms with Crippen molar-refractivity contribution < 1.29 is 4.43 Å². The van der Waals surface area contributed by atoms with Crippen molar-refractivity contribution in [3.05, 3.63) is 0 Å². The average molecular weight is 282 g/mol. The quantitative estimate of drug-likeness (QED) is 0.779. The van der Waals surface area contributed by atoms with E-state index in [4.69, 9.17) is 10.2 Å². The van der Waals surface area contributed by atoms with Gasteiger partial charge in [0.05, 0.1) is 5.60 Å². The van der Waals surface area contributed by atoms with E-state index in [1.165, 1.54) is 32.1 Å². The van der Waals surface area contributed by atoms with Crippen molar-refractivity contribution in [1.82, 2.24) is 0 Å². The monoisotopic (exact) mass is 281 g/mol. The van der Waals surface area contributed by atoms with E-state index in [-0.39, 0.29) is 5.60 Å². The molecule has 19 heavy (non-hydrogen) atoms. The van der Waals surface area contributed by atoms with Crippen LogP contribution in [0, 0.1) is 17.8 Å². The maximum Gasteiger partial charge on any atom is 0.192 e. The lowest BCUT2D eigenvalue weighted by Gasteiger charge is -2.61. The highest BCUT2D eigenvalue weighted by Gasteiger charge is 2.57. The fraction of sp³-hybridized carbons (Fsp3) is 1.00. The second-order valence-corrected chi connectivity index (χ2v) is 13.8. The molecule has 0 heterocycles. The molecule has 110 valence electrons. The molecule has 0 spiro atoms. The van der Waals surface area contributed by atoms with Crippen LogP contribution in [-0.2, 0) is 4.43 Å². The van der Waals surface area contributed by atoms with Crippen LogP contribution in [0.5, 0.6) is 0 Å². The molecule has 0 aromatic heterocycles. The van der Waals surface area contributed by atoms with Crippen molar-refractivity contribution in [1.29, 1.82) is 0 Å². The van der Waals surface area contributed by atoms with Gasteiger partial charge in [0.2, 0.25) is 0 Å². The molecule has 0 aliphatic heterocycles. The Labute approximate surface area is 119 Å². The average Bonchev–Trinajstić information content (AvgIpc) is 2.21. The van der Waals surface area contributed by atoms with Crippen LogP contribution in [0.25, 0.3) is 0 Å². The predicted octanol–water partition coefficient (Wildman–Crippen LogP) is 3.91. The first kappa shape index (κ1) is 14.1. The Morgan fingerprint density at radius 3 is 2.05 bits per heavy atom. The second-order valence-electron chi connectivity index (χ2n) is 9.09. The lowest BCUT2D eigenvalue weighted by atomic mass is 9.52. The molecule has 2 nitrogen and oxygen atoms in total. The Morgan fingerprint density at radius 1 is 1.05 bits per heavy atom. The highest BCUT2D eigenvalue weighted by molar-refractivity contribution is 6.74. The first-order valence-electron chi connectivity index (χ1n) is 8.08. The van der Waals surface area contributed by atoms with Crippen molar-refractivity contribution >= 4 is 8.32 Å². The van der Waals surface area contributed by atoms with E-state index < -0.39 is 8.32 Å². The van der Waals surface area contributed by atoms with Crippen molar-refractivity contribution in [2.45, 2.75) is 82.7 Å². The van der Waals surface area contributed by atoms with Crippen LogP contribution in [0.15, 0.2) is 0 Å². The summed E-state index contributed by atoms with van der Waals surface area (Å²) < 4.78 is 6.93. The lowest BCUT2D eigenvalue weighted by molar-refractivity contribution is -0.123. The highest BCUT2D eigenvalue weighted by atomic mass is 28.4. The molecule has 0 saturated heterocycles. The van der Waals surface area contributed by atoms with Gasteiger partial charge in [0.1, 0.15) is 0 Å². The van der Waals surface area contributed by atoms with E-state index >= 15 is 0 Å². The molecule has 0 amide bonds. The van der Waals surface area contributed by atoms with Crippen LogP contribution in [0.2, 0.25) is 18.1 Å². The van der Waals surface area contributed by atoms with Gasteiger partial charge in [-0.2, -0.15) is 0 Å². The third kappa shape index (κ3) is 2.22. The van der Waals surface area contributed by atoms with Gasteiger partial charge in [-0.05, 0) is 68.0 Å². The molecule has 4 rings (SSSR count). The van der Waals surface area contributed by atoms with Crippen LogP contribution in [0.4, 0.5) is 0 Å². The smallest absolute Gasteiger partial charge is 0.192 e. The Bertz CT molecular complexity index is 357. The zero-order chi connectivity index (χ0) is 14.1. The fourth-order valence-corrected chi connectivity index (χ4v) is 6.45. The van der Waals surface area contributed by atoms with E-state index in [9.17, 15) is 0 Å². The molecule has 0 aromatic rings. The van der Waals surface area contributed by atoms with Gasteiger partial charge in [-0.1, -0.05) is 20.8 Å². The van der Waals surface area contributed by atoms with Gasteiger partial charge < -0.3 is 10.2 Å². The minimum Gasteiger partial charge on any atom is -0.411 e. The van der Waals surface area contributed by atoms with E-state index in [1.807, 2.05) is 0 Å². The predicted molar refractivity (Wildman–Crippen MR) is 82.5 cm³/mol. The van der Waals surface area contributed by atoms with E-state index in [0.717, 1.165) is 17.8 Å². The third-order valence-electron chi connectivity index (χ3n) is 6.57. The summed E-state index contributed by atoms with van der Waals surface area (Å²) in [5.41, 5.74) is 6.64. The van der Waals surface area contributed by atoms with Gasteiger partial charge >= 0.3 is 0 Å². The topological polar surface area (TPSA) is 35.2 Å². The summed E-state index contributed by atoms with van der Waals surface area (Å²) in [6.07, 6.45) is 6.56. The van der Waals surface area contributed by atoms with Crippen molar-refractivity contribution in [3.8, 4) is 0 Å². The van der Waals surface area contributed by atoms with Gasteiger partial charge in [-0.15, -0.1) is 0 Å². The Hall–Kier alpha value is 0.137. The van der Waals surface area contributed by atoms with Crippen LogP contribution in [0.3, 0.4) is 0 Å². The normalized spacial score (nSPS) is 45.8. The van der Waals surface area contributed by atoms with Crippen LogP contribution < -0.4 is 5.73 Å². The second kappa shape index (κ2) is 4.08. The summed E-state index contributed by atoms with van der Waals surface area (Å²) in [4.78, 5) is 0. The summed E-state index contributed by atoms with van der Waals surface area (Å²) in [5, 5.41) is 0.318. The molecular formula is C16H31NOSi. The standard InChI is InChI=1S/C16H31NOSi/c1-15(2,3)19(4,5)18-16-8-11-6-12(9-16)14(17)13(7-11)10-16/h11-14H,6-10,17H2,1-5H3. The van der Waals surface area contributed by atoms with Crippen molar-refractivity contribution in [3.63, 3.8) is 0 Å². The minimum atomic E-state index is -1.65. The van der Waals surface area contributed by atoms with Crippen molar-refractivity contribution in [2.75, 3.05) is 0 Å². The van der Waals surface area contributed by atoms with Gasteiger partial charge in [-0.25, -0.2) is 0 Å². The van der Waals surface area contributed by atoms with Crippen LogP contribution in [-0.4, -0.2) is 20.0 Å². The van der Waals surface area contributed by atoms with Gasteiger partial charge in [-0.3, -0.25) is 0 Å². The molecule has 2 N–H and O–H groups in total. The Balaban J connectivity index is 1.82. The molecule has 0 radical (unpaired) electrons. The summed E-state index contributed by atoms with van der Waals surface area (Å²) in [5.74, 6) is 2.40. The molecule has 4 bridgehead atoms. The largest absolute Gasteiger partial charge is 0.411 e. The molecule has 4 aliphatic carbocycles. The highest BCUT2D eigenvalue weighted by Crippen LogP contribution is 2.58. The molecule has 4 fully saturated rings. The Kier molecular flexibility index (Phi) is 3.02. The number of nitrogens with two attached hydrogens (primary N) is 1. The van der Waals surface area contributed by atoms with Crippen LogP contribution >= 0.6 is 0 Å². The Morgan fingerprint density at radius 2 is 1.58 bits per heavy atom. The number of rotatable bonds is 2. The van der Waals surface area contributed by atoms with Crippen LogP contribution in [0.1, 0.15) is 52.9 Å². The van der Waals surface area contributed by atoms with E-state index in [0.29, 0.717) is 11.1 Å². The molecule has 4 aliphatic rings. The zero-order valence-corrected chi connectivity index (χ0v) is 14.3. The SMILES string of the molecule is CC(C)(C)[Si](C)(C)OC12CC3CC(C1)C(N)C(C3)C2. The van der Waals surface area contributed by atoms with Gasteiger partial charge in [0.15, 0.2) is 8.32 Å². The lowest BCUT2D eigenvalue weighted by Crippen LogP contribution is -2.63. The summed E-state index contributed by atoms with van der Waals surface area (Å²) in [6, 6.07) is 0.465. The first-order valence-corrected chi connectivity index (χ1v) is 11.0. The first-order chi connectivity index (χ1) is 8.62. The minimum absolute atomic E-state index is 0.204. The zero-order valence-electron chi connectivity index (χ0n) is 13.3. The molecular weight excluding hydrogens is 250 g/mol. The van der Waals surface area contributed by atoms with E-state index in [2.05, 4.69) is 33.9 Å². The van der Waals surface area contributed by atoms with Gasteiger partial charge in [0, 0.05) is 6.04 Å². The maximum absolute atomic E-state index is 6.93. The number of hydrogen-bond acceptors (Lipinski definition) is 2. The molecule has 2 unspecified atom stereocenters. The van der Waals surface area contributed by atoms with E-state index in [1.54, 1.807) is 0 Å². The number of hydrogen-bond donors (Lipinski definition) is 1. The molecule has 3 heteroatoms. The summed E-state index contributed by atoms with van der Waals surface area (Å²) in [6.45, 7) is 11.9. The molecule has 2 atom stereocenters. The summed E-state index contributed by atoms with van der Waals surface area (Å²) >= 11 is 0. The summed E-state index contributed by atoms with van der Waals surface area (Å²) in [7, 11) is -1.65. The maximum atomic E-state index is 6.93. The van der Waals surface area contributed by atoms with Crippen molar-refractivity contribution in [2.24, 2.45) is 23.5 Å². The fourth-order valence-electron chi connectivity index (χ4n) is 4.81. The van der Waals surface area contributed by atoms with Gasteiger partial charge in [0.25, 0.3) is 0 Å². The molecule has 4 saturated carbocycles. The molecule has 0 aromatic carbocycles. The third-order valence-corrected chi connectivity index (χ3v) is 11.1.